The van der Waals surface area contributed by atoms with Gasteiger partial charge in [-0.25, -0.2) is 4.31 Å². The van der Waals surface area contributed by atoms with Gasteiger partial charge in [-0.15, -0.1) is 0 Å². The summed E-state index contributed by atoms with van der Waals surface area (Å²) in [6.45, 7) is 8.98. The number of likely N-dealkylation sites (tertiary alicyclic amines) is 1. The molecule has 4 saturated heterocycles. The van der Waals surface area contributed by atoms with E-state index in [4.69, 9.17) is 9.47 Å². The van der Waals surface area contributed by atoms with Gasteiger partial charge in [0.15, 0.2) is 0 Å². The maximum Gasteiger partial charge on any atom is 0.131 e. The van der Waals surface area contributed by atoms with Crippen molar-refractivity contribution in [2.24, 2.45) is 5.92 Å². The summed E-state index contributed by atoms with van der Waals surface area (Å²) >= 11 is 4.48. The van der Waals surface area contributed by atoms with Crippen molar-refractivity contribution in [3.8, 4) is 0 Å². The third-order valence-electron chi connectivity index (χ3n) is 7.03. The van der Waals surface area contributed by atoms with E-state index in [-0.39, 0.29) is 11.3 Å². The van der Waals surface area contributed by atoms with Gasteiger partial charge in [-0.1, -0.05) is 11.7 Å². The first kappa shape index (κ1) is 18.9. The Labute approximate surface area is 162 Å². The SMILES string of the molecule is CC(C)N1CCCC2(CCC(C3CCN(SS)C4(CCCO4)C3)O2)C1. The number of thiol groups is 1. The molecule has 0 aromatic rings. The van der Waals surface area contributed by atoms with E-state index in [1.54, 1.807) is 11.0 Å². The van der Waals surface area contributed by atoms with Gasteiger partial charge in [0.25, 0.3) is 0 Å². The molecule has 4 unspecified atom stereocenters. The molecule has 0 aromatic heterocycles. The summed E-state index contributed by atoms with van der Waals surface area (Å²) in [7, 11) is 1.57. The second-order valence-corrected chi connectivity index (χ2v) is 9.97. The van der Waals surface area contributed by atoms with Crippen LogP contribution in [0, 0.1) is 5.92 Å². The van der Waals surface area contributed by atoms with Crippen LogP contribution in [0.25, 0.3) is 0 Å². The summed E-state index contributed by atoms with van der Waals surface area (Å²) in [5.41, 5.74) is 0.0529. The third-order valence-corrected chi connectivity index (χ3v) is 8.33. The summed E-state index contributed by atoms with van der Waals surface area (Å²) in [6, 6.07) is 0.630. The van der Waals surface area contributed by atoms with E-state index < -0.39 is 0 Å². The Morgan fingerprint density at radius 1 is 1.12 bits per heavy atom. The number of hydrogen-bond acceptors (Lipinski definition) is 6. The molecule has 0 amide bonds. The zero-order chi connectivity index (χ0) is 17.5. The van der Waals surface area contributed by atoms with E-state index in [1.807, 2.05) is 0 Å². The second-order valence-electron chi connectivity index (χ2n) is 8.88. The molecule has 4 aliphatic rings. The first-order valence-corrected chi connectivity index (χ1v) is 12.0. The van der Waals surface area contributed by atoms with Crippen LogP contribution in [-0.2, 0) is 9.47 Å². The largest absolute Gasteiger partial charge is 0.370 e. The van der Waals surface area contributed by atoms with Gasteiger partial charge in [0.1, 0.15) is 5.72 Å². The van der Waals surface area contributed by atoms with Crippen LogP contribution >= 0.6 is 22.6 Å². The van der Waals surface area contributed by atoms with Crippen LogP contribution in [0.5, 0.6) is 0 Å². The fourth-order valence-corrected chi connectivity index (χ4v) is 6.87. The van der Waals surface area contributed by atoms with Crippen molar-refractivity contribution in [1.29, 1.82) is 0 Å². The van der Waals surface area contributed by atoms with Gasteiger partial charge >= 0.3 is 0 Å². The fourth-order valence-electron chi connectivity index (χ4n) is 5.62. The van der Waals surface area contributed by atoms with Crippen LogP contribution in [0.4, 0.5) is 0 Å². The monoisotopic (exact) mass is 386 g/mol. The molecule has 0 radical (unpaired) electrons. The van der Waals surface area contributed by atoms with E-state index in [0.717, 1.165) is 32.5 Å². The van der Waals surface area contributed by atoms with Crippen LogP contribution in [0.3, 0.4) is 0 Å². The number of ether oxygens (including phenoxy) is 2. The lowest BCUT2D eigenvalue weighted by Gasteiger charge is -2.47. The number of piperidine rings is 2. The minimum Gasteiger partial charge on any atom is -0.370 e. The van der Waals surface area contributed by atoms with Crippen LogP contribution in [0.2, 0.25) is 0 Å². The van der Waals surface area contributed by atoms with E-state index in [0.29, 0.717) is 18.1 Å². The molecule has 4 nitrogen and oxygen atoms in total. The fraction of sp³-hybridized carbons (Fsp3) is 1.00. The van der Waals surface area contributed by atoms with Crippen molar-refractivity contribution in [3.05, 3.63) is 0 Å². The summed E-state index contributed by atoms with van der Waals surface area (Å²) in [4.78, 5) is 2.62. The van der Waals surface area contributed by atoms with E-state index in [2.05, 4.69) is 34.7 Å². The predicted octanol–water partition coefficient (Wildman–Crippen LogP) is 4.12. The zero-order valence-electron chi connectivity index (χ0n) is 15.8. The molecule has 4 aliphatic heterocycles. The van der Waals surface area contributed by atoms with E-state index in [1.165, 1.54) is 45.1 Å². The van der Waals surface area contributed by atoms with E-state index in [9.17, 15) is 0 Å². The molecular weight excluding hydrogens is 352 g/mol. The molecule has 0 saturated carbocycles. The summed E-state index contributed by atoms with van der Waals surface area (Å²) in [5.74, 6) is 0.642. The maximum absolute atomic E-state index is 6.84. The molecule has 4 fully saturated rings. The zero-order valence-corrected chi connectivity index (χ0v) is 17.5. The molecule has 6 heteroatoms. The summed E-state index contributed by atoms with van der Waals surface area (Å²) in [5, 5.41) is 0. The average molecular weight is 387 g/mol. The van der Waals surface area contributed by atoms with Crippen LogP contribution in [0.15, 0.2) is 0 Å². The molecule has 0 aliphatic carbocycles. The molecule has 0 bridgehead atoms. The lowest BCUT2D eigenvalue weighted by atomic mass is 9.83. The lowest BCUT2D eigenvalue weighted by molar-refractivity contribution is -0.149. The summed E-state index contributed by atoms with van der Waals surface area (Å²) < 4.78 is 15.5. The first-order valence-electron chi connectivity index (χ1n) is 10.2. The molecule has 4 rings (SSSR count). The lowest BCUT2D eigenvalue weighted by Crippen LogP contribution is -2.53. The highest BCUT2D eigenvalue weighted by molar-refractivity contribution is 8.67. The predicted molar refractivity (Wildman–Crippen MR) is 107 cm³/mol. The van der Waals surface area contributed by atoms with Gasteiger partial charge in [-0.05, 0) is 88.7 Å². The Hall–Kier alpha value is 0.540. The first-order chi connectivity index (χ1) is 12.1. The smallest absolute Gasteiger partial charge is 0.131 e. The topological polar surface area (TPSA) is 24.9 Å². The molecule has 25 heavy (non-hydrogen) atoms. The maximum atomic E-state index is 6.84. The molecule has 4 heterocycles. The Bertz CT molecular complexity index is 472. The van der Waals surface area contributed by atoms with Crippen LogP contribution in [0.1, 0.15) is 65.2 Å². The molecule has 2 spiro atoms. The van der Waals surface area contributed by atoms with Crippen molar-refractivity contribution in [2.75, 3.05) is 26.2 Å². The Balaban J connectivity index is 1.42. The highest BCUT2D eigenvalue weighted by Crippen LogP contribution is 2.49. The van der Waals surface area contributed by atoms with Crippen LogP contribution in [-0.4, -0.2) is 58.9 Å². The molecule has 0 N–H and O–H groups in total. The molecular formula is C19H34N2O2S2. The number of rotatable bonds is 3. The second kappa shape index (κ2) is 7.51. The van der Waals surface area contributed by atoms with Crippen molar-refractivity contribution in [2.45, 2.75) is 88.7 Å². The standard InChI is InChI=1S/C19H34N2O2S2/c1-15(2)20-10-3-7-18(14-20)9-5-17(23-18)16-6-11-21(25-24)19(13-16)8-4-12-22-19/h15-17,24H,3-14H2,1-2H3. The van der Waals surface area contributed by atoms with E-state index >= 15 is 0 Å². The molecule has 4 atom stereocenters. The minimum absolute atomic E-state index is 0.0784. The van der Waals surface area contributed by atoms with Gasteiger partial charge in [0.2, 0.25) is 0 Å². The molecule has 0 aromatic carbocycles. The Morgan fingerprint density at radius 3 is 2.72 bits per heavy atom. The van der Waals surface area contributed by atoms with Crippen molar-refractivity contribution in [3.63, 3.8) is 0 Å². The Kier molecular flexibility index (Phi) is 5.68. The highest BCUT2D eigenvalue weighted by atomic mass is 33.1. The van der Waals surface area contributed by atoms with Gasteiger partial charge in [0, 0.05) is 25.7 Å². The normalized spacial score (nSPS) is 43.7. The minimum atomic E-state index is -0.0784. The third kappa shape index (κ3) is 3.64. The van der Waals surface area contributed by atoms with Crippen molar-refractivity contribution < 1.29 is 9.47 Å². The van der Waals surface area contributed by atoms with Gasteiger partial charge in [-0.2, -0.15) is 0 Å². The van der Waals surface area contributed by atoms with Crippen molar-refractivity contribution >= 4 is 22.6 Å². The Morgan fingerprint density at radius 2 is 2.00 bits per heavy atom. The number of nitrogens with zero attached hydrogens (tertiary/aromatic N) is 2. The highest BCUT2D eigenvalue weighted by Gasteiger charge is 2.51. The average Bonchev–Trinajstić information content (AvgIpc) is 3.23. The molecule has 144 valence electrons. The van der Waals surface area contributed by atoms with Gasteiger partial charge in [0.05, 0.1) is 11.7 Å². The van der Waals surface area contributed by atoms with Gasteiger partial charge < -0.3 is 9.47 Å². The van der Waals surface area contributed by atoms with Crippen molar-refractivity contribution in [1.82, 2.24) is 9.21 Å². The van der Waals surface area contributed by atoms with Crippen LogP contribution < -0.4 is 0 Å². The quantitative estimate of drug-likeness (QED) is 0.447. The summed E-state index contributed by atoms with van der Waals surface area (Å²) in [6.07, 6.45) is 10.1. The van der Waals surface area contributed by atoms with Gasteiger partial charge in [-0.3, -0.25) is 4.90 Å². The number of hydrogen-bond donors (Lipinski definition) is 1.